The Balaban J connectivity index is 1.32. The molecule has 0 unspecified atom stereocenters. The molecule has 0 saturated heterocycles. The molecule has 2 aromatic heterocycles. The van der Waals surface area contributed by atoms with Crippen LogP contribution in [0.4, 0.5) is 0 Å². The number of aryl methyl sites for hydroxylation is 6. The number of fused-ring (bicyclic) bond motifs is 6. The topological polar surface area (TPSA) is 25.8 Å². The van der Waals surface area contributed by atoms with Crippen molar-refractivity contribution in [3.05, 3.63) is 143 Å². The van der Waals surface area contributed by atoms with Crippen molar-refractivity contribution < 1.29 is 0 Å². The minimum Gasteiger partial charge on any atom is -0.256 e. The molecule has 0 saturated carbocycles. The molecule has 0 aliphatic heterocycles. The number of rotatable bonds is 3. The van der Waals surface area contributed by atoms with E-state index in [0.717, 1.165) is 37.1 Å². The Morgan fingerprint density at radius 3 is 1.45 bits per heavy atom. The van der Waals surface area contributed by atoms with Gasteiger partial charge in [-0.3, -0.25) is 9.97 Å². The predicted octanol–water partition coefficient (Wildman–Crippen LogP) is 9.63. The molecular formula is C40H32N2. The van der Waals surface area contributed by atoms with Crippen LogP contribution >= 0.6 is 0 Å². The van der Waals surface area contributed by atoms with Gasteiger partial charge < -0.3 is 0 Å². The van der Waals surface area contributed by atoms with E-state index >= 15 is 0 Å². The molecular weight excluding hydrogens is 508 g/mol. The summed E-state index contributed by atoms with van der Waals surface area (Å²) in [4.78, 5) is 9.49. The van der Waals surface area contributed by atoms with Gasteiger partial charge in [-0.1, -0.05) is 96.1 Å². The van der Waals surface area contributed by atoms with Gasteiger partial charge in [-0.25, -0.2) is 0 Å². The average molecular weight is 541 g/mol. The van der Waals surface area contributed by atoms with E-state index in [2.05, 4.69) is 111 Å². The highest BCUT2D eigenvalue weighted by Gasteiger charge is 2.22. The number of nitrogens with zero attached hydrogens (tertiary/aromatic N) is 2. The molecule has 0 amide bonds. The third-order valence-electron chi connectivity index (χ3n) is 9.03. The van der Waals surface area contributed by atoms with Crippen LogP contribution in [0.15, 0.2) is 109 Å². The van der Waals surface area contributed by atoms with Gasteiger partial charge >= 0.3 is 0 Å². The van der Waals surface area contributed by atoms with Crippen molar-refractivity contribution in [2.45, 2.75) is 39.5 Å². The molecule has 2 heteroatoms. The van der Waals surface area contributed by atoms with Crippen LogP contribution in [0.5, 0.6) is 0 Å². The summed E-state index contributed by atoms with van der Waals surface area (Å²) in [6.45, 7) is 4.40. The second-order valence-electron chi connectivity index (χ2n) is 11.9. The number of hydrogen-bond donors (Lipinski definition) is 0. The Kier molecular flexibility index (Phi) is 5.89. The minimum absolute atomic E-state index is 1.04. The average Bonchev–Trinajstić information content (AvgIpc) is 3.03. The van der Waals surface area contributed by atoms with Crippen molar-refractivity contribution in [3.63, 3.8) is 0 Å². The lowest BCUT2D eigenvalue weighted by molar-refractivity contribution is 0.928. The van der Waals surface area contributed by atoms with Crippen LogP contribution in [0.3, 0.4) is 0 Å². The molecule has 6 aromatic rings. The summed E-state index contributed by atoms with van der Waals surface area (Å²) in [5, 5.41) is 0. The lowest BCUT2D eigenvalue weighted by atomic mass is 9.82. The van der Waals surface area contributed by atoms with Gasteiger partial charge in [-0.2, -0.15) is 0 Å². The predicted molar refractivity (Wildman–Crippen MR) is 174 cm³/mol. The van der Waals surface area contributed by atoms with E-state index in [1.807, 2.05) is 12.4 Å². The zero-order chi connectivity index (χ0) is 28.2. The molecule has 2 nitrogen and oxygen atoms in total. The first-order valence-corrected chi connectivity index (χ1v) is 15.0. The highest BCUT2D eigenvalue weighted by atomic mass is 14.7. The molecule has 2 aliphatic rings. The Labute approximate surface area is 247 Å². The molecule has 42 heavy (non-hydrogen) atoms. The Morgan fingerprint density at radius 2 is 0.929 bits per heavy atom. The maximum Gasteiger partial charge on any atom is 0.0736 e. The fraction of sp³-hybridized carbons (Fsp3) is 0.150. The minimum atomic E-state index is 1.04. The second kappa shape index (κ2) is 9.92. The van der Waals surface area contributed by atoms with Crippen LogP contribution in [-0.4, -0.2) is 9.97 Å². The summed E-state index contributed by atoms with van der Waals surface area (Å²) in [7, 11) is 0. The first-order valence-electron chi connectivity index (χ1n) is 15.0. The van der Waals surface area contributed by atoms with Crippen molar-refractivity contribution in [2.75, 3.05) is 0 Å². The third-order valence-corrected chi connectivity index (χ3v) is 9.03. The second-order valence-corrected chi connectivity index (χ2v) is 11.9. The van der Waals surface area contributed by atoms with E-state index < -0.39 is 0 Å². The quantitative estimate of drug-likeness (QED) is 0.223. The summed E-state index contributed by atoms with van der Waals surface area (Å²) >= 11 is 0. The van der Waals surface area contributed by atoms with Gasteiger partial charge in [-0.15, -0.1) is 0 Å². The number of benzene rings is 4. The van der Waals surface area contributed by atoms with Crippen molar-refractivity contribution in [2.24, 2.45) is 0 Å². The summed E-state index contributed by atoms with van der Waals surface area (Å²) < 4.78 is 0. The highest BCUT2D eigenvalue weighted by Crippen LogP contribution is 2.44. The normalized spacial score (nSPS) is 13.1. The van der Waals surface area contributed by atoms with Crippen LogP contribution < -0.4 is 0 Å². The standard InChI is InChI=1S/C40H32N2/c1-25-20-26(2)22-33(21-25)38-34(29-14-16-36-31(23-29)12-10-27-6-4-18-41-39(27)36)8-3-9-35(38)30-15-17-37-32(24-30)13-11-28-7-5-19-42-40(28)37/h3-9,14-24H,10-13H2,1-2H3. The SMILES string of the molecule is Cc1cc(C)cc(-c2c(-c3ccc4c(c3)CCc3cccnc3-4)cccc2-c2ccc3c(c2)CCc2cccnc2-3)c1. The Bertz CT molecular complexity index is 1880. The first-order chi connectivity index (χ1) is 20.6. The van der Waals surface area contributed by atoms with Crippen molar-refractivity contribution in [1.82, 2.24) is 9.97 Å². The Hall–Kier alpha value is -4.82. The van der Waals surface area contributed by atoms with Crippen LogP contribution in [0.25, 0.3) is 55.9 Å². The van der Waals surface area contributed by atoms with Gasteiger partial charge in [0.1, 0.15) is 0 Å². The van der Waals surface area contributed by atoms with Crippen molar-refractivity contribution in [1.29, 1.82) is 0 Å². The monoisotopic (exact) mass is 540 g/mol. The van der Waals surface area contributed by atoms with Gasteiger partial charge in [0.25, 0.3) is 0 Å². The fourth-order valence-corrected chi connectivity index (χ4v) is 7.17. The molecule has 0 N–H and O–H groups in total. The summed E-state index contributed by atoms with van der Waals surface area (Å²) in [6.07, 6.45) is 7.99. The lowest BCUT2D eigenvalue weighted by Crippen LogP contribution is -2.06. The van der Waals surface area contributed by atoms with Crippen molar-refractivity contribution >= 4 is 0 Å². The summed E-state index contributed by atoms with van der Waals surface area (Å²) in [5.74, 6) is 0. The third kappa shape index (κ3) is 4.18. The van der Waals surface area contributed by atoms with E-state index in [1.54, 1.807) is 0 Å². The van der Waals surface area contributed by atoms with E-state index in [1.165, 1.54) is 77.9 Å². The summed E-state index contributed by atoms with van der Waals surface area (Å²) in [5.41, 5.74) is 20.5. The molecule has 0 radical (unpaired) electrons. The molecule has 2 heterocycles. The van der Waals surface area contributed by atoms with Crippen LogP contribution in [0, 0.1) is 13.8 Å². The van der Waals surface area contributed by atoms with E-state index in [0.29, 0.717) is 0 Å². The van der Waals surface area contributed by atoms with Gasteiger partial charge in [-0.05, 0) is 107 Å². The molecule has 8 rings (SSSR count). The van der Waals surface area contributed by atoms with E-state index in [4.69, 9.17) is 9.97 Å². The highest BCUT2D eigenvalue weighted by molar-refractivity contribution is 5.96. The molecule has 0 spiro atoms. The molecule has 202 valence electrons. The zero-order valence-corrected chi connectivity index (χ0v) is 24.1. The molecule has 4 aromatic carbocycles. The fourth-order valence-electron chi connectivity index (χ4n) is 7.17. The number of aromatic nitrogens is 2. The van der Waals surface area contributed by atoms with Crippen LogP contribution in [-0.2, 0) is 25.7 Å². The van der Waals surface area contributed by atoms with Crippen molar-refractivity contribution in [3.8, 4) is 55.9 Å². The van der Waals surface area contributed by atoms with Crippen LogP contribution in [0.1, 0.15) is 33.4 Å². The van der Waals surface area contributed by atoms with Gasteiger partial charge in [0.15, 0.2) is 0 Å². The Morgan fingerprint density at radius 1 is 0.429 bits per heavy atom. The van der Waals surface area contributed by atoms with Gasteiger partial charge in [0.05, 0.1) is 11.4 Å². The maximum absolute atomic E-state index is 4.75. The zero-order valence-electron chi connectivity index (χ0n) is 24.1. The van der Waals surface area contributed by atoms with E-state index in [-0.39, 0.29) is 0 Å². The van der Waals surface area contributed by atoms with E-state index in [9.17, 15) is 0 Å². The van der Waals surface area contributed by atoms with Crippen LogP contribution in [0.2, 0.25) is 0 Å². The van der Waals surface area contributed by atoms with Gasteiger partial charge in [0, 0.05) is 23.5 Å². The van der Waals surface area contributed by atoms with Gasteiger partial charge in [0.2, 0.25) is 0 Å². The smallest absolute Gasteiger partial charge is 0.0736 e. The number of pyridine rings is 2. The lowest BCUT2D eigenvalue weighted by Gasteiger charge is -2.22. The maximum atomic E-state index is 4.75. The molecule has 0 atom stereocenters. The molecule has 0 bridgehead atoms. The largest absolute Gasteiger partial charge is 0.256 e. The molecule has 2 aliphatic carbocycles. The first kappa shape index (κ1) is 24.9. The molecule has 0 fully saturated rings. The summed E-state index contributed by atoms with van der Waals surface area (Å²) in [6, 6.07) is 36.3. The number of hydrogen-bond acceptors (Lipinski definition) is 2.